The number of hydrogen-bond donors (Lipinski definition) is 4. The molecule has 67 heavy (non-hydrogen) atoms. The highest BCUT2D eigenvalue weighted by Crippen LogP contribution is 2.36. The number of hydrogen-bond acceptors (Lipinski definition) is 17. The van der Waals surface area contributed by atoms with Gasteiger partial charge in [-0.15, -0.1) is 0 Å². The number of nitrogens with two attached hydrogens (primary N) is 2. The van der Waals surface area contributed by atoms with Gasteiger partial charge in [-0.05, 0) is 48.5 Å². The molecule has 0 atom stereocenters. The fraction of sp³-hybridized carbons (Fsp3) is 0.304. The predicted molar refractivity (Wildman–Crippen MR) is 251 cm³/mol. The molecule has 348 valence electrons. The van der Waals surface area contributed by atoms with Crippen LogP contribution in [0.15, 0.2) is 72.8 Å². The number of aromatic nitrogens is 4. The maximum Gasteiger partial charge on any atom is 0.254 e. The maximum absolute atomic E-state index is 13.5. The average Bonchev–Trinajstić information content (AvgIpc) is 3.35. The quantitative estimate of drug-likeness (QED) is 0.122. The van der Waals surface area contributed by atoms with Gasteiger partial charge in [0.25, 0.3) is 11.8 Å². The Kier molecular flexibility index (Phi) is 13.5. The minimum Gasteiger partial charge on any atom is -0.493 e. The van der Waals surface area contributed by atoms with E-state index in [-0.39, 0.29) is 11.8 Å². The van der Waals surface area contributed by atoms with Crippen molar-refractivity contribution in [1.29, 1.82) is 0 Å². The molecule has 6 N–H and O–H groups in total. The number of carbonyl (C=O) groups excluding carboxylic acids is 4. The Morgan fingerprint density at radius 3 is 1.27 bits per heavy atom. The van der Waals surface area contributed by atoms with Crippen LogP contribution in [0.3, 0.4) is 0 Å². The van der Waals surface area contributed by atoms with Crippen LogP contribution in [0.1, 0.15) is 20.7 Å². The van der Waals surface area contributed by atoms with Crippen LogP contribution < -0.4 is 50.8 Å². The van der Waals surface area contributed by atoms with Crippen LogP contribution in [0.25, 0.3) is 21.8 Å². The molecule has 0 saturated carbocycles. The lowest BCUT2D eigenvalue weighted by molar-refractivity contribution is -0.125. The van der Waals surface area contributed by atoms with Gasteiger partial charge in [0, 0.05) is 97.8 Å². The number of piperazine rings is 2. The monoisotopic (exact) mass is 914 g/mol. The summed E-state index contributed by atoms with van der Waals surface area (Å²) in [5, 5.41) is 6.72. The molecule has 0 aliphatic carbocycles. The van der Waals surface area contributed by atoms with Gasteiger partial charge in [-0.25, -0.2) is 9.97 Å². The molecule has 4 heterocycles. The second-order valence-corrected chi connectivity index (χ2v) is 15.6. The van der Waals surface area contributed by atoms with Gasteiger partial charge in [-0.1, -0.05) is 12.1 Å². The van der Waals surface area contributed by atoms with E-state index in [1.165, 1.54) is 0 Å². The van der Waals surface area contributed by atoms with Gasteiger partial charge in [0.15, 0.2) is 23.0 Å². The fourth-order valence-electron chi connectivity index (χ4n) is 7.89. The van der Waals surface area contributed by atoms with Crippen molar-refractivity contribution in [1.82, 2.24) is 29.7 Å². The fourth-order valence-corrected chi connectivity index (χ4v) is 7.89. The lowest BCUT2D eigenvalue weighted by Gasteiger charge is -2.35. The Morgan fingerprint density at radius 2 is 0.896 bits per heavy atom. The molecule has 21 heteroatoms. The van der Waals surface area contributed by atoms with Gasteiger partial charge < -0.3 is 65.4 Å². The first-order valence-corrected chi connectivity index (χ1v) is 21.3. The summed E-state index contributed by atoms with van der Waals surface area (Å²) < 4.78 is 27.0. The summed E-state index contributed by atoms with van der Waals surface area (Å²) in [6, 6.07) is 20.2. The topological polar surface area (TPSA) is 255 Å². The summed E-state index contributed by atoms with van der Waals surface area (Å²) in [5.41, 5.74) is 15.4. The van der Waals surface area contributed by atoms with Gasteiger partial charge in [0.05, 0.1) is 39.5 Å². The van der Waals surface area contributed by atoms with Gasteiger partial charge in [0.1, 0.15) is 24.8 Å². The standard InChI is InChI=1S/C46H50N12O9/c1-63-35-21-31-33(23-37(35)65-3)51-45(53-41(31)47)57-15-11-55(12-16-57)43(61)27-7-5-9-29(19-27)49-39(59)25-67-26-40(60)50-30-10-6-8-28(20-30)44(62)56-13-17-58(18-14-56)46-52-34-24-38(66-4)36(64-2)22-32(34)42(48)54-46/h5-10,19-24H,11-18,25-26H2,1-4H3,(H,49,59)(H,50,60)(H2,47,51,53)(H2,48,52,54). The zero-order valence-electron chi connectivity index (χ0n) is 37.4. The zero-order valence-corrected chi connectivity index (χ0v) is 37.4. The molecule has 8 rings (SSSR count). The normalized spacial score (nSPS) is 13.9. The zero-order chi connectivity index (χ0) is 47.2. The largest absolute Gasteiger partial charge is 0.493 e. The second kappa shape index (κ2) is 19.9. The summed E-state index contributed by atoms with van der Waals surface area (Å²) >= 11 is 0. The molecule has 2 aliphatic heterocycles. The minimum atomic E-state index is -0.513. The Morgan fingerprint density at radius 1 is 0.522 bits per heavy atom. The van der Waals surface area contributed by atoms with E-state index in [0.29, 0.717) is 143 Å². The summed E-state index contributed by atoms with van der Waals surface area (Å²) in [7, 11) is 6.18. The molecule has 4 amide bonds. The molecular weight excluding hydrogens is 865 g/mol. The molecule has 2 aromatic heterocycles. The lowest BCUT2D eigenvalue weighted by Crippen LogP contribution is -2.49. The van der Waals surface area contributed by atoms with Crippen molar-refractivity contribution in [3.8, 4) is 23.0 Å². The van der Waals surface area contributed by atoms with E-state index in [0.717, 1.165) is 0 Å². The smallest absolute Gasteiger partial charge is 0.254 e. The minimum absolute atomic E-state index is 0.199. The first-order chi connectivity index (χ1) is 32.4. The van der Waals surface area contributed by atoms with Crippen LogP contribution in [-0.4, -0.2) is 147 Å². The highest BCUT2D eigenvalue weighted by Gasteiger charge is 2.27. The van der Waals surface area contributed by atoms with E-state index in [1.807, 2.05) is 9.80 Å². The van der Waals surface area contributed by atoms with E-state index < -0.39 is 25.0 Å². The number of rotatable bonds is 14. The second-order valence-electron chi connectivity index (χ2n) is 15.6. The number of methoxy groups -OCH3 is 4. The summed E-state index contributed by atoms with van der Waals surface area (Å²) in [4.78, 5) is 78.5. The molecule has 0 unspecified atom stereocenters. The number of carbonyl (C=O) groups is 4. The van der Waals surface area contributed by atoms with Crippen molar-refractivity contribution in [2.24, 2.45) is 0 Å². The van der Waals surface area contributed by atoms with E-state index in [2.05, 4.69) is 20.6 Å². The van der Waals surface area contributed by atoms with Crippen LogP contribution in [0.4, 0.5) is 34.9 Å². The number of ether oxygens (including phenoxy) is 5. The number of anilines is 6. The van der Waals surface area contributed by atoms with Crippen LogP contribution in [0, 0.1) is 0 Å². The van der Waals surface area contributed by atoms with Crippen LogP contribution in [-0.2, 0) is 14.3 Å². The van der Waals surface area contributed by atoms with Crippen LogP contribution >= 0.6 is 0 Å². The summed E-state index contributed by atoms with van der Waals surface area (Å²) in [6.45, 7) is 2.69. The van der Waals surface area contributed by atoms with Crippen molar-refractivity contribution >= 4 is 80.3 Å². The molecule has 0 bridgehead atoms. The van der Waals surface area contributed by atoms with Gasteiger partial charge in [-0.3, -0.25) is 19.2 Å². The molecule has 4 aromatic carbocycles. The molecule has 6 aromatic rings. The van der Waals surface area contributed by atoms with Crippen molar-refractivity contribution in [3.63, 3.8) is 0 Å². The third-order valence-electron chi connectivity index (χ3n) is 11.4. The van der Waals surface area contributed by atoms with Crippen molar-refractivity contribution in [3.05, 3.63) is 83.9 Å². The van der Waals surface area contributed by atoms with E-state index >= 15 is 0 Å². The Hall–Kier alpha value is -8.20. The number of nitrogen functional groups attached to an aromatic ring is 2. The van der Waals surface area contributed by atoms with Crippen LogP contribution in [0.5, 0.6) is 23.0 Å². The highest BCUT2D eigenvalue weighted by molar-refractivity contribution is 5.99. The molecule has 0 spiro atoms. The van der Waals surface area contributed by atoms with E-state index in [1.54, 1.807) is 111 Å². The Balaban J connectivity index is 0.777. The summed E-state index contributed by atoms with van der Waals surface area (Å²) in [5.74, 6) is 2.16. The molecule has 2 fully saturated rings. The summed E-state index contributed by atoms with van der Waals surface area (Å²) in [6.07, 6.45) is 0. The highest BCUT2D eigenvalue weighted by atomic mass is 16.5. The molecule has 0 radical (unpaired) electrons. The maximum atomic E-state index is 13.5. The number of nitrogens with zero attached hydrogens (tertiary/aromatic N) is 8. The van der Waals surface area contributed by atoms with Crippen molar-refractivity contribution in [2.75, 3.05) is 126 Å². The average molecular weight is 915 g/mol. The predicted octanol–water partition coefficient (Wildman–Crippen LogP) is 3.29. The number of amides is 4. The lowest BCUT2D eigenvalue weighted by atomic mass is 10.1. The molecule has 21 nitrogen and oxygen atoms in total. The van der Waals surface area contributed by atoms with Crippen molar-refractivity contribution in [2.45, 2.75) is 0 Å². The van der Waals surface area contributed by atoms with Gasteiger partial charge in [0.2, 0.25) is 23.7 Å². The van der Waals surface area contributed by atoms with Gasteiger partial charge in [-0.2, -0.15) is 9.97 Å². The Bertz CT molecular complexity index is 2660. The van der Waals surface area contributed by atoms with E-state index in [9.17, 15) is 19.2 Å². The van der Waals surface area contributed by atoms with Gasteiger partial charge >= 0.3 is 0 Å². The third-order valence-corrected chi connectivity index (χ3v) is 11.4. The Labute approximate surface area is 384 Å². The van der Waals surface area contributed by atoms with E-state index in [4.69, 9.17) is 45.1 Å². The first-order valence-electron chi connectivity index (χ1n) is 21.3. The molecular formula is C46H50N12O9. The first kappa shape index (κ1) is 45.4. The number of fused-ring (bicyclic) bond motifs is 2. The van der Waals surface area contributed by atoms with Crippen LogP contribution in [0.2, 0.25) is 0 Å². The SMILES string of the molecule is COc1cc2nc(N3CCN(C(=O)c4cccc(NC(=O)COCC(=O)Nc5cccc(C(=O)N6CCN(c7nc(N)c8cc(OC)c(OC)cc8n7)CC6)c5)c4)CC3)nc(N)c2cc1OC. The molecule has 2 saturated heterocycles. The number of nitrogens with one attached hydrogen (secondary N) is 2. The molecule has 2 aliphatic rings. The van der Waals surface area contributed by atoms with Crippen molar-refractivity contribution < 1.29 is 42.9 Å². The number of benzene rings is 4. The third kappa shape index (κ3) is 10.1.